The number of fused-ring (bicyclic) bond motifs is 1. The molecule has 0 saturated carbocycles. The Bertz CT molecular complexity index is 984. The molecule has 142 valence electrons. The zero-order chi connectivity index (χ0) is 19.7. The number of hydrogen-bond donors (Lipinski definition) is 2. The van der Waals surface area contributed by atoms with Crippen molar-refractivity contribution in [3.05, 3.63) is 51.1 Å². The summed E-state index contributed by atoms with van der Waals surface area (Å²) >= 11 is 7.34. The van der Waals surface area contributed by atoms with Gasteiger partial charge in [0.1, 0.15) is 16.5 Å². The molecule has 27 heavy (non-hydrogen) atoms. The van der Waals surface area contributed by atoms with Gasteiger partial charge in [-0.05, 0) is 51.2 Å². The summed E-state index contributed by atoms with van der Waals surface area (Å²) in [5.74, 6) is 0.863. The molecule has 3 aromatic rings. The van der Waals surface area contributed by atoms with Gasteiger partial charge in [-0.25, -0.2) is 9.97 Å². The summed E-state index contributed by atoms with van der Waals surface area (Å²) in [5, 5.41) is 4.56. The van der Waals surface area contributed by atoms with Crippen LogP contribution in [0.2, 0.25) is 5.02 Å². The number of likely N-dealkylation sites (N-methyl/N-ethyl adjacent to an activating group) is 1. The number of nitrogens with one attached hydrogen (secondary N) is 1. The fourth-order valence-corrected chi connectivity index (χ4v) is 4.28. The van der Waals surface area contributed by atoms with Crippen molar-refractivity contribution >= 4 is 44.9 Å². The van der Waals surface area contributed by atoms with Gasteiger partial charge in [-0.2, -0.15) is 0 Å². The van der Waals surface area contributed by atoms with Crippen LogP contribution in [0.4, 0.5) is 5.82 Å². The van der Waals surface area contributed by atoms with Gasteiger partial charge in [0.2, 0.25) is 0 Å². The summed E-state index contributed by atoms with van der Waals surface area (Å²) in [5.41, 5.74) is 7.85. The van der Waals surface area contributed by atoms with E-state index >= 15 is 0 Å². The summed E-state index contributed by atoms with van der Waals surface area (Å²) in [7, 11) is 3.94. The molecule has 0 spiro atoms. The molecule has 3 N–H and O–H groups in total. The maximum Gasteiger partial charge on any atom is 0.262 e. The van der Waals surface area contributed by atoms with Crippen LogP contribution in [0.1, 0.15) is 32.7 Å². The molecule has 0 aliphatic rings. The fraction of sp³-hybridized carbons (Fsp3) is 0.316. The predicted molar refractivity (Wildman–Crippen MR) is 112 cm³/mol. The third-order valence-electron chi connectivity index (χ3n) is 4.26. The number of aromatic nitrogens is 2. The highest BCUT2D eigenvalue weighted by atomic mass is 35.5. The van der Waals surface area contributed by atoms with Crippen LogP contribution < -0.4 is 11.1 Å². The van der Waals surface area contributed by atoms with Crippen molar-refractivity contribution in [2.45, 2.75) is 19.9 Å². The van der Waals surface area contributed by atoms with Crippen LogP contribution in [0.25, 0.3) is 10.2 Å². The van der Waals surface area contributed by atoms with Crippen LogP contribution in [0.5, 0.6) is 0 Å². The van der Waals surface area contributed by atoms with E-state index in [1.807, 2.05) is 50.2 Å². The summed E-state index contributed by atoms with van der Waals surface area (Å²) in [6, 6.07) is 7.35. The zero-order valence-corrected chi connectivity index (χ0v) is 17.3. The highest BCUT2D eigenvalue weighted by Gasteiger charge is 2.22. The largest absolute Gasteiger partial charge is 0.383 e. The minimum Gasteiger partial charge on any atom is -0.383 e. The quantitative estimate of drug-likeness (QED) is 0.680. The first-order valence-electron chi connectivity index (χ1n) is 8.50. The number of rotatable bonds is 5. The van der Waals surface area contributed by atoms with Crippen molar-refractivity contribution in [3.8, 4) is 0 Å². The third kappa shape index (κ3) is 4.21. The van der Waals surface area contributed by atoms with Crippen LogP contribution in [-0.4, -0.2) is 41.4 Å². The van der Waals surface area contributed by atoms with Crippen molar-refractivity contribution in [1.82, 2.24) is 20.2 Å². The summed E-state index contributed by atoms with van der Waals surface area (Å²) in [4.78, 5) is 25.0. The first-order valence-corrected chi connectivity index (χ1v) is 9.70. The molecule has 0 bridgehead atoms. The van der Waals surface area contributed by atoms with Crippen LogP contribution >= 0.6 is 22.9 Å². The molecule has 2 heterocycles. The van der Waals surface area contributed by atoms with Crippen LogP contribution in [0.3, 0.4) is 0 Å². The Morgan fingerprint density at radius 1 is 1.26 bits per heavy atom. The van der Waals surface area contributed by atoms with Gasteiger partial charge in [0.05, 0.1) is 16.3 Å². The Hall–Kier alpha value is -2.22. The number of aryl methyl sites for hydroxylation is 2. The fourth-order valence-electron chi connectivity index (χ4n) is 3.02. The minimum atomic E-state index is -0.167. The van der Waals surface area contributed by atoms with Gasteiger partial charge in [0.15, 0.2) is 0 Å². The van der Waals surface area contributed by atoms with E-state index in [0.717, 1.165) is 21.3 Å². The zero-order valence-electron chi connectivity index (χ0n) is 15.7. The topological polar surface area (TPSA) is 84.1 Å². The summed E-state index contributed by atoms with van der Waals surface area (Å²) in [6.07, 6.45) is 0. The normalized spacial score (nSPS) is 12.5. The highest BCUT2D eigenvalue weighted by molar-refractivity contribution is 7.20. The molecular formula is C19H22ClN5OS. The number of halogens is 1. The number of amides is 1. The van der Waals surface area contributed by atoms with E-state index in [9.17, 15) is 4.79 Å². The predicted octanol–water partition coefficient (Wildman–Crippen LogP) is 3.58. The Kier molecular flexibility index (Phi) is 5.64. The minimum absolute atomic E-state index is 0.144. The van der Waals surface area contributed by atoms with Gasteiger partial charge >= 0.3 is 0 Å². The molecule has 2 aromatic heterocycles. The van der Waals surface area contributed by atoms with E-state index in [2.05, 4.69) is 15.3 Å². The second kappa shape index (κ2) is 7.80. The van der Waals surface area contributed by atoms with Gasteiger partial charge in [-0.3, -0.25) is 4.79 Å². The van der Waals surface area contributed by atoms with E-state index < -0.39 is 0 Å². The first kappa shape index (κ1) is 19.5. The van der Waals surface area contributed by atoms with E-state index in [1.54, 1.807) is 6.92 Å². The molecule has 0 aliphatic carbocycles. The van der Waals surface area contributed by atoms with Crippen molar-refractivity contribution in [3.63, 3.8) is 0 Å². The molecule has 0 radical (unpaired) electrons. The monoisotopic (exact) mass is 403 g/mol. The lowest BCUT2D eigenvalue weighted by Crippen LogP contribution is -2.35. The molecule has 8 heteroatoms. The van der Waals surface area contributed by atoms with E-state index in [-0.39, 0.29) is 11.9 Å². The smallest absolute Gasteiger partial charge is 0.262 e. The Morgan fingerprint density at radius 3 is 2.56 bits per heavy atom. The van der Waals surface area contributed by atoms with Crippen LogP contribution in [-0.2, 0) is 0 Å². The Balaban J connectivity index is 1.94. The maximum atomic E-state index is 13.0. The van der Waals surface area contributed by atoms with Gasteiger partial charge in [-0.15, -0.1) is 11.3 Å². The van der Waals surface area contributed by atoms with Gasteiger partial charge in [0.25, 0.3) is 5.91 Å². The van der Waals surface area contributed by atoms with Crippen molar-refractivity contribution in [2.75, 3.05) is 26.4 Å². The average molecular weight is 404 g/mol. The van der Waals surface area contributed by atoms with E-state index in [1.165, 1.54) is 11.3 Å². The second-order valence-corrected chi connectivity index (χ2v) is 8.17. The number of nitrogens with two attached hydrogens (primary N) is 1. The number of benzene rings is 1. The molecule has 0 saturated heterocycles. The second-order valence-electron chi connectivity index (χ2n) is 6.73. The molecule has 6 nitrogen and oxygen atoms in total. The average Bonchev–Trinajstić information content (AvgIpc) is 2.91. The molecule has 3 rings (SSSR count). The number of nitrogens with zero attached hydrogens (tertiary/aromatic N) is 3. The van der Waals surface area contributed by atoms with Gasteiger partial charge in [0, 0.05) is 11.6 Å². The van der Waals surface area contributed by atoms with Crippen LogP contribution in [0, 0.1) is 13.8 Å². The van der Waals surface area contributed by atoms with Crippen molar-refractivity contribution < 1.29 is 4.79 Å². The van der Waals surface area contributed by atoms with Gasteiger partial charge < -0.3 is 16.0 Å². The Morgan fingerprint density at radius 2 is 1.93 bits per heavy atom. The number of thiophene rings is 1. The van der Waals surface area contributed by atoms with Crippen molar-refractivity contribution in [2.24, 2.45) is 0 Å². The SMILES string of the molecule is Cc1nc(N)c2c(C)c(C(=O)NC(CN(C)C)c3ccc(Cl)cc3)sc2n1. The van der Waals surface area contributed by atoms with Crippen LogP contribution in [0.15, 0.2) is 24.3 Å². The highest BCUT2D eigenvalue weighted by Crippen LogP contribution is 2.33. The van der Waals surface area contributed by atoms with Gasteiger partial charge in [-0.1, -0.05) is 23.7 Å². The lowest BCUT2D eigenvalue weighted by atomic mass is 10.1. The number of hydrogen-bond acceptors (Lipinski definition) is 6. The van der Waals surface area contributed by atoms with E-state index in [4.69, 9.17) is 17.3 Å². The lowest BCUT2D eigenvalue weighted by molar-refractivity contribution is 0.0933. The molecule has 1 amide bonds. The van der Waals surface area contributed by atoms with Crippen molar-refractivity contribution in [1.29, 1.82) is 0 Å². The molecule has 1 atom stereocenters. The summed E-state index contributed by atoms with van der Waals surface area (Å²) in [6.45, 7) is 4.34. The first-order chi connectivity index (χ1) is 12.8. The summed E-state index contributed by atoms with van der Waals surface area (Å²) < 4.78 is 0. The number of anilines is 1. The Labute approximate surface area is 167 Å². The molecule has 1 unspecified atom stereocenters. The maximum absolute atomic E-state index is 13.0. The van der Waals surface area contributed by atoms with E-state index in [0.29, 0.717) is 28.1 Å². The standard InChI is InChI=1S/C19H22ClN5OS/c1-10-15-17(21)22-11(2)23-19(15)27-16(10)18(26)24-14(9-25(3)4)12-5-7-13(20)8-6-12/h5-8,14H,9H2,1-4H3,(H,24,26)(H2,21,22,23). The number of carbonyl (C=O) groups is 1. The molecule has 0 aliphatic heterocycles. The molecule has 1 aromatic carbocycles. The lowest BCUT2D eigenvalue weighted by Gasteiger charge is -2.23. The molecule has 0 fully saturated rings. The number of carbonyl (C=O) groups excluding carboxylic acids is 1. The third-order valence-corrected chi connectivity index (χ3v) is 5.70. The molecular weight excluding hydrogens is 382 g/mol. The number of nitrogen functional groups attached to an aromatic ring is 1.